The van der Waals surface area contributed by atoms with Crippen LogP contribution in [0.4, 0.5) is 15.9 Å². The number of carbonyl (C=O) groups is 3. The third-order valence-corrected chi connectivity index (χ3v) is 7.44. The summed E-state index contributed by atoms with van der Waals surface area (Å²) in [6.45, 7) is 1.58. The summed E-state index contributed by atoms with van der Waals surface area (Å²) in [7, 11) is 0. The van der Waals surface area contributed by atoms with Crippen molar-refractivity contribution < 1.29 is 18.8 Å². The van der Waals surface area contributed by atoms with Gasteiger partial charge in [-0.15, -0.1) is 11.3 Å². The van der Waals surface area contributed by atoms with Gasteiger partial charge in [0.2, 0.25) is 11.8 Å². The number of halogens is 1. The van der Waals surface area contributed by atoms with E-state index in [-0.39, 0.29) is 24.2 Å². The standard InChI is InChI=1S/C25H20FN5O3S/c1-25-11-10-20(33)31(25)18-5-3-2-4-17(18)23(34)30(25)14-19(32)27-22-21(15-6-8-16(26)9-7-15)28-24-29(22)12-13-35-24/h2-9,12-13H,10-11,14H2,1H3,(H,27,32). The van der Waals surface area contributed by atoms with E-state index in [2.05, 4.69) is 10.3 Å². The Labute approximate surface area is 203 Å². The van der Waals surface area contributed by atoms with E-state index in [1.54, 1.807) is 51.9 Å². The highest BCUT2D eigenvalue weighted by Gasteiger charge is 2.53. The molecule has 2 aromatic heterocycles. The molecule has 10 heteroatoms. The molecule has 1 N–H and O–H groups in total. The first-order chi connectivity index (χ1) is 16.9. The fraction of sp³-hybridized carbons (Fsp3) is 0.200. The number of thiazole rings is 1. The van der Waals surface area contributed by atoms with Gasteiger partial charge in [-0.05, 0) is 49.7 Å². The SMILES string of the molecule is CC12CCC(=O)N1c1ccccc1C(=O)N2CC(=O)Nc1c(-c2ccc(F)cc2)nc2sccn12. The Morgan fingerprint density at radius 3 is 2.74 bits per heavy atom. The molecule has 2 aliphatic heterocycles. The summed E-state index contributed by atoms with van der Waals surface area (Å²) in [4.78, 5) is 47.9. The zero-order valence-corrected chi connectivity index (χ0v) is 19.5. The lowest BCUT2D eigenvalue weighted by molar-refractivity contribution is -0.120. The van der Waals surface area contributed by atoms with E-state index in [9.17, 15) is 18.8 Å². The molecule has 1 atom stereocenters. The molecule has 1 saturated heterocycles. The average Bonchev–Trinajstić information content (AvgIpc) is 3.52. The Bertz CT molecular complexity index is 1510. The molecule has 1 unspecified atom stereocenters. The molecular formula is C25H20FN5O3S. The van der Waals surface area contributed by atoms with Crippen LogP contribution in [-0.4, -0.2) is 44.2 Å². The Balaban J connectivity index is 1.34. The minimum absolute atomic E-state index is 0.0766. The predicted molar refractivity (Wildman–Crippen MR) is 130 cm³/mol. The molecule has 0 spiro atoms. The van der Waals surface area contributed by atoms with E-state index >= 15 is 0 Å². The van der Waals surface area contributed by atoms with Gasteiger partial charge in [-0.2, -0.15) is 0 Å². The minimum atomic E-state index is -0.936. The number of para-hydroxylation sites is 1. The van der Waals surface area contributed by atoms with Crippen LogP contribution in [0.1, 0.15) is 30.1 Å². The third kappa shape index (κ3) is 3.24. The molecule has 3 amide bonds. The zero-order valence-electron chi connectivity index (χ0n) is 18.7. The van der Waals surface area contributed by atoms with Gasteiger partial charge in [-0.25, -0.2) is 9.37 Å². The molecule has 0 saturated carbocycles. The van der Waals surface area contributed by atoms with Crippen LogP contribution in [0.3, 0.4) is 0 Å². The molecule has 2 aromatic carbocycles. The number of rotatable bonds is 4. The van der Waals surface area contributed by atoms with Gasteiger partial charge in [0.1, 0.15) is 29.5 Å². The topological polar surface area (TPSA) is 87.0 Å². The summed E-state index contributed by atoms with van der Waals surface area (Å²) in [5.74, 6) is -0.723. The largest absolute Gasteiger partial charge is 0.308 e. The van der Waals surface area contributed by atoms with Crippen molar-refractivity contribution in [2.45, 2.75) is 25.4 Å². The number of hydrogen-bond donors (Lipinski definition) is 1. The summed E-state index contributed by atoms with van der Waals surface area (Å²) in [5.41, 5.74) is 1.19. The zero-order chi connectivity index (χ0) is 24.3. The second-order valence-corrected chi connectivity index (χ2v) is 9.65. The van der Waals surface area contributed by atoms with Crippen LogP contribution in [-0.2, 0) is 9.59 Å². The van der Waals surface area contributed by atoms with Crippen LogP contribution in [0, 0.1) is 5.82 Å². The molecule has 0 radical (unpaired) electrons. The Hall–Kier alpha value is -4.05. The summed E-state index contributed by atoms with van der Waals surface area (Å²) >= 11 is 1.41. The molecular weight excluding hydrogens is 469 g/mol. The van der Waals surface area contributed by atoms with E-state index in [0.29, 0.717) is 46.1 Å². The molecule has 0 aliphatic carbocycles. The lowest BCUT2D eigenvalue weighted by Gasteiger charge is -2.48. The van der Waals surface area contributed by atoms with Crippen molar-refractivity contribution in [1.29, 1.82) is 0 Å². The van der Waals surface area contributed by atoms with E-state index in [1.807, 2.05) is 12.3 Å². The fourth-order valence-corrected chi connectivity index (χ4v) is 5.68. The normalized spacial score (nSPS) is 19.3. The van der Waals surface area contributed by atoms with Gasteiger partial charge in [0.05, 0.1) is 11.3 Å². The monoisotopic (exact) mass is 489 g/mol. The average molecular weight is 490 g/mol. The molecule has 176 valence electrons. The first-order valence-corrected chi connectivity index (χ1v) is 12.0. The number of benzene rings is 2. The third-order valence-electron chi connectivity index (χ3n) is 6.68. The van der Waals surface area contributed by atoms with Gasteiger partial charge < -0.3 is 10.2 Å². The molecule has 8 nitrogen and oxygen atoms in total. The highest BCUT2D eigenvalue weighted by molar-refractivity contribution is 7.15. The summed E-state index contributed by atoms with van der Waals surface area (Å²) < 4.78 is 15.2. The van der Waals surface area contributed by atoms with Crippen molar-refractivity contribution in [1.82, 2.24) is 14.3 Å². The number of nitrogens with one attached hydrogen (secondary N) is 1. The maximum absolute atomic E-state index is 13.5. The summed E-state index contributed by atoms with van der Waals surface area (Å²) in [5, 5.41) is 4.76. The smallest absolute Gasteiger partial charge is 0.258 e. The van der Waals surface area contributed by atoms with Gasteiger partial charge >= 0.3 is 0 Å². The number of imidazole rings is 1. The summed E-state index contributed by atoms with van der Waals surface area (Å²) in [6.07, 6.45) is 2.52. The van der Waals surface area contributed by atoms with Crippen molar-refractivity contribution in [3.63, 3.8) is 0 Å². The second kappa shape index (κ2) is 7.74. The Morgan fingerprint density at radius 1 is 1.17 bits per heavy atom. The molecule has 6 rings (SSSR count). The van der Waals surface area contributed by atoms with Crippen LogP contribution in [0.2, 0.25) is 0 Å². The first kappa shape index (κ1) is 21.5. The highest BCUT2D eigenvalue weighted by Crippen LogP contribution is 2.44. The van der Waals surface area contributed by atoms with Gasteiger partial charge in [-0.3, -0.25) is 23.7 Å². The van der Waals surface area contributed by atoms with Crippen molar-refractivity contribution in [2.75, 3.05) is 16.8 Å². The molecule has 1 fully saturated rings. The maximum atomic E-state index is 13.5. The lowest BCUT2D eigenvalue weighted by atomic mass is 9.98. The van der Waals surface area contributed by atoms with Gasteiger partial charge in [0.15, 0.2) is 4.96 Å². The van der Waals surface area contributed by atoms with Crippen molar-refractivity contribution >= 4 is 45.5 Å². The molecule has 35 heavy (non-hydrogen) atoms. The van der Waals surface area contributed by atoms with E-state index in [4.69, 9.17) is 0 Å². The number of aromatic nitrogens is 2. The van der Waals surface area contributed by atoms with Crippen LogP contribution >= 0.6 is 11.3 Å². The maximum Gasteiger partial charge on any atom is 0.258 e. The van der Waals surface area contributed by atoms with Crippen molar-refractivity contribution in [3.05, 3.63) is 71.5 Å². The summed E-state index contributed by atoms with van der Waals surface area (Å²) in [6, 6.07) is 12.9. The van der Waals surface area contributed by atoms with E-state index in [1.165, 1.54) is 28.4 Å². The number of amides is 3. The molecule has 4 aromatic rings. The van der Waals surface area contributed by atoms with Crippen LogP contribution < -0.4 is 10.2 Å². The Kier molecular flexibility index (Phi) is 4.75. The minimum Gasteiger partial charge on any atom is -0.308 e. The van der Waals surface area contributed by atoms with Crippen LogP contribution in [0.5, 0.6) is 0 Å². The highest BCUT2D eigenvalue weighted by atomic mass is 32.1. The predicted octanol–water partition coefficient (Wildman–Crippen LogP) is 4.14. The van der Waals surface area contributed by atoms with Gasteiger partial charge in [0, 0.05) is 23.6 Å². The number of hydrogen-bond acceptors (Lipinski definition) is 5. The molecule has 4 heterocycles. The first-order valence-electron chi connectivity index (χ1n) is 11.1. The quantitative estimate of drug-likeness (QED) is 0.467. The molecule has 0 bridgehead atoms. The second-order valence-electron chi connectivity index (χ2n) is 8.77. The van der Waals surface area contributed by atoms with Gasteiger partial charge in [0.25, 0.3) is 5.91 Å². The number of carbonyl (C=O) groups excluding carboxylic acids is 3. The Morgan fingerprint density at radius 2 is 1.94 bits per heavy atom. The van der Waals surface area contributed by atoms with Crippen molar-refractivity contribution in [2.24, 2.45) is 0 Å². The van der Waals surface area contributed by atoms with Crippen LogP contribution in [0.25, 0.3) is 16.2 Å². The number of anilines is 2. The fourth-order valence-electron chi connectivity index (χ4n) is 4.97. The van der Waals surface area contributed by atoms with E-state index in [0.717, 1.165) is 0 Å². The van der Waals surface area contributed by atoms with E-state index < -0.39 is 11.6 Å². The lowest BCUT2D eigenvalue weighted by Crippen LogP contribution is -2.63. The molecule has 2 aliphatic rings. The van der Waals surface area contributed by atoms with Gasteiger partial charge in [-0.1, -0.05) is 12.1 Å². The van der Waals surface area contributed by atoms with Crippen molar-refractivity contribution in [3.8, 4) is 11.3 Å². The number of fused-ring (bicyclic) bond motifs is 4. The number of nitrogens with zero attached hydrogens (tertiary/aromatic N) is 4. The van der Waals surface area contributed by atoms with Crippen LogP contribution in [0.15, 0.2) is 60.1 Å².